The quantitative estimate of drug-likeness (QED) is 0.138. The molecule has 1 unspecified atom stereocenters. The van der Waals surface area contributed by atoms with E-state index in [1.165, 1.54) is 48.7 Å². The smallest absolute Gasteiger partial charge is 0.330 e. The molecule has 248 valence electrons. The molecule has 4 aromatic carbocycles. The lowest BCUT2D eigenvalue weighted by Gasteiger charge is -2.17. The molecule has 0 spiro atoms. The van der Waals surface area contributed by atoms with Crippen LogP contribution in [-0.4, -0.2) is 72.7 Å². The van der Waals surface area contributed by atoms with Crippen LogP contribution in [0.5, 0.6) is 0 Å². The molecule has 1 fully saturated rings. The highest BCUT2D eigenvalue weighted by Gasteiger charge is 2.26. The summed E-state index contributed by atoms with van der Waals surface area (Å²) in [6.07, 6.45) is 4.01. The number of aliphatic hydroxyl groups is 1. The zero-order valence-corrected chi connectivity index (χ0v) is 26.5. The van der Waals surface area contributed by atoms with Crippen LogP contribution < -0.4 is 26.9 Å². The summed E-state index contributed by atoms with van der Waals surface area (Å²) in [5.41, 5.74) is -1.85. The average molecular weight is 657 g/mol. The van der Waals surface area contributed by atoms with Crippen molar-refractivity contribution in [3.63, 3.8) is 0 Å². The van der Waals surface area contributed by atoms with E-state index in [-0.39, 0.29) is 54.8 Å². The minimum atomic E-state index is -1.46. The summed E-state index contributed by atoms with van der Waals surface area (Å²) in [4.78, 5) is 67.9. The van der Waals surface area contributed by atoms with E-state index in [0.29, 0.717) is 6.54 Å². The van der Waals surface area contributed by atoms with Gasteiger partial charge in [0.15, 0.2) is 33.9 Å². The summed E-state index contributed by atoms with van der Waals surface area (Å²) in [6.45, 7) is 3.89. The molecular formula is C35H33FN4O8. The van der Waals surface area contributed by atoms with Crippen LogP contribution >= 0.6 is 0 Å². The van der Waals surface area contributed by atoms with Gasteiger partial charge in [-0.2, -0.15) is 0 Å². The van der Waals surface area contributed by atoms with Crippen LogP contribution in [-0.2, 0) is 9.53 Å². The van der Waals surface area contributed by atoms with E-state index in [9.17, 15) is 29.1 Å². The van der Waals surface area contributed by atoms with Crippen molar-refractivity contribution in [1.82, 2.24) is 14.6 Å². The third kappa shape index (κ3) is 5.50. The summed E-state index contributed by atoms with van der Waals surface area (Å²) in [7, 11) is 3.24. The van der Waals surface area contributed by atoms with Crippen molar-refractivity contribution in [2.45, 2.75) is 25.8 Å². The number of amides is 1. The van der Waals surface area contributed by atoms with Gasteiger partial charge in [-0.3, -0.25) is 19.2 Å². The van der Waals surface area contributed by atoms with Gasteiger partial charge >= 0.3 is 5.97 Å². The normalized spacial score (nSPS) is 14.0. The van der Waals surface area contributed by atoms with Crippen molar-refractivity contribution in [3.8, 4) is 0 Å². The van der Waals surface area contributed by atoms with Crippen molar-refractivity contribution in [2.24, 2.45) is 0 Å². The molecule has 48 heavy (non-hydrogen) atoms. The van der Waals surface area contributed by atoms with E-state index in [2.05, 4.69) is 27.3 Å². The second kappa shape index (κ2) is 13.0. The number of ether oxygens (including phenoxy) is 1. The summed E-state index contributed by atoms with van der Waals surface area (Å²) in [5.74, 6) is -2.80. The summed E-state index contributed by atoms with van der Waals surface area (Å²) in [6, 6.07) is 8.71. The first-order valence-corrected chi connectivity index (χ1v) is 15.5. The van der Waals surface area contributed by atoms with Crippen molar-refractivity contribution in [3.05, 3.63) is 90.7 Å². The molecule has 0 saturated carbocycles. The van der Waals surface area contributed by atoms with Crippen LogP contribution in [0.4, 0.5) is 10.1 Å². The SMILES string of the molecule is CCNc1c(F)cc2c(=O)c(C(=O)NC(CO)C(=O)OC)cn3c4cc5c(=O)c6ccccc6c(=O)c5cc4oc1c23.CN1CCCC1. The summed E-state index contributed by atoms with van der Waals surface area (Å²) < 4.78 is 27.5. The van der Waals surface area contributed by atoms with E-state index in [0.717, 1.165) is 13.2 Å². The van der Waals surface area contributed by atoms with Gasteiger partial charge < -0.3 is 34.2 Å². The fourth-order valence-electron chi connectivity index (χ4n) is 6.14. The van der Waals surface area contributed by atoms with E-state index in [1.807, 2.05) is 0 Å². The maximum absolute atomic E-state index is 15.4. The zero-order chi connectivity index (χ0) is 34.3. The number of carbonyl (C=O) groups is 2. The zero-order valence-electron chi connectivity index (χ0n) is 26.5. The van der Waals surface area contributed by atoms with Gasteiger partial charge in [-0.05, 0) is 58.1 Å². The Kier molecular flexibility index (Phi) is 8.82. The van der Waals surface area contributed by atoms with Gasteiger partial charge in [0.05, 0.1) is 24.6 Å². The molecule has 1 atom stereocenters. The number of hydrogen-bond donors (Lipinski definition) is 3. The van der Waals surface area contributed by atoms with Crippen molar-refractivity contribution < 1.29 is 28.2 Å². The van der Waals surface area contributed by atoms with Gasteiger partial charge in [0.25, 0.3) is 5.91 Å². The molecule has 7 rings (SSSR count). The minimum Gasteiger partial charge on any atom is -0.467 e. The molecule has 1 aliphatic rings. The van der Waals surface area contributed by atoms with E-state index in [4.69, 9.17) is 4.42 Å². The minimum absolute atomic E-state index is 0.0440. The van der Waals surface area contributed by atoms with Gasteiger partial charge in [0, 0.05) is 34.3 Å². The van der Waals surface area contributed by atoms with Crippen LogP contribution in [0, 0.1) is 5.82 Å². The molecule has 1 amide bonds. The topological polar surface area (TPSA) is 160 Å². The maximum atomic E-state index is 15.4. The Morgan fingerprint density at radius 3 is 2.19 bits per heavy atom. The Morgan fingerprint density at radius 2 is 1.62 bits per heavy atom. The summed E-state index contributed by atoms with van der Waals surface area (Å²) in [5, 5.41) is 15.1. The van der Waals surface area contributed by atoms with E-state index < -0.39 is 52.2 Å². The van der Waals surface area contributed by atoms with Gasteiger partial charge in [-0.25, -0.2) is 9.18 Å². The highest BCUT2D eigenvalue weighted by atomic mass is 19.1. The predicted octanol–water partition coefficient (Wildman–Crippen LogP) is 3.21. The number of pyridine rings is 1. The standard InChI is InChI=1S/C30H22FN3O8.C5H11N/c1-3-32-23-19(31)8-17-24-28(23)42-22-10-16-15(25(36)13-6-4-5-7-14(13)26(16)37)9-21(22)34(24)11-18(27(17)38)29(39)33-20(12-35)30(40)41-2;1-6-4-2-3-5-6/h4-11,20,32,35H,3,12H2,1-2H3,(H,33,39);2-5H2,1H3. The number of nitrogens with one attached hydrogen (secondary N) is 2. The maximum Gasteiger partial charge on any atom is 0.330 e. The monoisotopic (exact) mass is 656 g/mol. The molecule has 3 N–H and O–H groups in total. The molecule has 1 saturated heterocycles. The highest BCUT2D eigenvalue weighted by Crippen LogP contribution is 2.34. The molecule has 3 heterocycles. The van der Waals surface area contributed by atoms with Crippen LogP contribution in [0.2, 0.25) is 0 Å². The molecule has 6 aromatic rings. The third-order valence-electron chi connectivity index (χ3n) is 8.57. The van der Waals surface area contributed by atoms with E-state index >= 15 is 4.39 Å². The first-order valence-electron chi connectivity index (χ1n) is 15.5. The fourth-order valence-corrected chi connectivity index (χ4v) is 6.14. The lowest BCUT2D eigenvalue weighted by atomic mass is 10.0. The fraction of sp³-hybridized carbons (Fsp3) is 0.286. The molecule has 0 aliphatic carbocycles. The number of fused-ring (bicyclic) bond motifs is 4. The first kappa shape index (κ1) is 32.5. The Hall–Kier alpha value is -5.40. The number of aromatic nitrogens is 1. The first-order chi connectivity index (χ1) is 23.1. The predicted molar refractivity (Wildman–Crippen MR) is 181 cm³/mol. The number of anilines is 1. The van der Waals surface area contributed by atoms with Crippen molar-refractivity contribution in [1.29, 1.82) is 0 Å². The molecule has 2 aromatic heterocycles. The third-order valence-corrected chi connectivity index (χ3v) is 8.57. The molecular weight excluding hydrogens is 623 g/mol. The Morgan fingerprint density at radius 1 is 0.979 bits per heavy atom. The number of nitrogens with zero attached hydrogens (tertiary/aromatic N) is 2. The van der Waals surface area contributed by atoms with Gasteiger partial charge in [-0.15, -0.1) is 0 Å². The van der Waals surface area contributed by atoms with Crippen LogP contribution in [0.1, 0.15) is 30.1 Å². The molecule has 1 aliphatic heterocycles. The van der Waals surface area contributed by atoms with E-state index in [1.54, 1.807) is 31.2 Å². The Balaban J connectivity index is 0.000000604. The average Bonchev–Trinajstić information content (AvgIpc) is 3.58. The lowest BCUT2D eigenvalue weighted by molar-refractivity contribution is -0.143. The number of esters is 1. The number of hydrogen-bond acceptors (Lipinski definition) is 10. The molecule has 12 nitrogen and oxygen atoms in total. The van der Waals surface area contributed by atoms with Gasteiger partial charge in [-0.1, -0.05) is 24.3 Å². The van der Waals surface area contributed by atoms with Gasteiger partial charge in [0.1, 0.15) is 16.8 Å². The Bertz CT molecular complexity index is 2420. The Labute approximate surface area is 271 Å². The number of carbonyl (C=O) groups excluding carboxylic acids is 2. The largest absolute Gasteiger partial charge is 0.467 e. The van der Waals surface area contributed by atoms with Crippen molar-refractivity contribution >= 4 is 66.7 Å². The van der Waals surface area contributed by atoms with Crippen molar-refractivity contribution in [2.75, 3.05) is 45.7 Å². The molecule has 0 bridgehead atoms. The number of likely N-dealkylation sites (tertiary alicyclic amines) is 1. The highest BCUT2D eigenvalue weighted by molar-refractivity contribution is 6.08. The van der Waals surface area contributed by atoms with Crippen LogP contribution in [0.25, 0.3) is 49.1 Å². The second-order valence-electron chi connectivity index (χ2n) is 11.6. The van der Waals surface area contributed by atoms with Crippen LogP contribution in [0.15, 0.2) is 67.5 Å². The number of benzene rings is 4. The number of rotatable bonds is 6. The second-order valence-corrected chi connectivity index (χ2v) is 11.6. The molecule has 13 heteroatoms. The number of halogens is 1. The number of aliphatic hydroxyl groups excluding tert-OH is 1. The molecule has 0 radical (unpaired) electrons. The summed E-state index contributed by atoms with van der Waals surface area (Å²) >= 11 is 0. The lowest BCUT2D eigenvalue weighted by Crippen LogP contribution is -2.45. The number of methoxy groups -OCH3 is 1. The van der Waals surface area contributed by atoms with Gasteiger partial charge in [0.2, 0.25) is 5.43 Å². The van der Waals surface area contributed by atoms with Crippen LogP contribution in [0.3, 0.4) is 0 Å².